The third-order valence-electron chi connectivity index (χ3n) is 5.53. The minimum Gasteiger partial charge on any atom is -0.497 e. The molecule has 1 amide bonds. The fourth-order valence-electron chi connectivity index (χ4n) is 3.64. The zero-order valence-corrected chi connectivity index (χ0v) is 21.2. The smallest absolute Gasteiger partial charge is 0.341 e. The Balaban J connectivity index is 1.44. The molecule has 0 aliphatic carbocycles. The lowest BCUT2D eigenvalue weighted by atomic mass is 10.0. The second kappa shape index (κ2) is 11.6. The van der Waals surface area contributed by atoms with E-state index < -0.39 is 5.97 Å². The van der Waals surface area contributed by atoms with Gasteiger partial charge in [0.05, 0.1) is 13.7 Å². The molecule has 0 bridgehead atoms. The molecule has 0 unspecified atom stereocenters. The first-order valence-corrected chi connectivity index (χ1v) is 12.4. The molecule has 0 saturated heterocycles. The number of carbonyl (C=O) groups excluding carboxylic acids is 2. The average Bonchev–Trinajstić information content (AvgIpc) is 3.32. The van der Waals surface area contributed by atoms with Crippen LogP contribution in [-0.4, -0.2) is 32.2 Å². The van der Waals surface area contributed by atoms with Gasteiger partial charge in [-0.25, -0.2) is 4.79 Å². The van der Waals surface area contributed by atoms with Crippen molar-refractivity contribution in [2.75, 3.05) is 25.6 Å². The van der Waals surface area contributed by atoms with E-state index in [1.807, 2.05) is 53.9 Å². The molecule has 0 fully saturated rings. The lowest BCUT2D eigenvalue weighted by Gasteiger charge is -2.10. The lowest BCUT2D eigenvalue weighted by molar-refractivity contribution is -0.118. The number of hydrogen-bond acceptors (Lipinski definition) is 6. The Hall–Kier alpha value is -4.10. The maximum atomic E-state index is 12.7. The Morgan fingerprint density at radius 2 is 1.42 bits per heavy atom. The van der Waals surface area contributed by atoms with Crippen LogP contribution in [0.15, 0.2) is 78.2 Å². The van der Waals surface area contributed by atoms with Crippen LogP contribution >= 0.6 is 11.3 Å². The van der Waals surface area contributed by atoms with Gasteiger partial charge in [-0.3, -0.25) is 4.79 Å². The summed E-state index contributed by atoms with van der Waals surface area (Å²) in [5.74, 6) is 0.430. The van der Waals surface area contributed by atoms with Crippen molar-refractivity contribution in [2.45, 2.75) is 13.8 Å². The molecule has 0 atom stereocenters. The normalized spacial score (nSPS) is 10.5. The van der Waals surface area contributed by atoms with Gasteiger partial charge in [0.15, 0.2) is 6.61 Å². The summed E-state index contributed by atoms with van der Waals surface area (Å²) in [7, 11) is 1.59. The van der Waals surface area contributed by atoms with E-state index in [2.05, 4.69) is 36.5 Å². The van der Waals surface area contributed by atoms with E-state index in [0.29, 0.717) is 27.6 Å². The Labute approximate surface area is 214 Å². The van der Waals surface area contributed by atoms with Crippen LogP contribution in [0.1, 0.15) is 22.8 Å². The Morgan fingerprint density at radius 3 is 2.03 bits per heavy atom. The van der Waals surface area contributed by atoms with Gasteiger partial charge in [-0.05, 0) is 54.8 Å². The fraction of sp³-hybridized carbons (Fsp3) is 0.172. The van der Waals surface area contributed by atoms with Crippen LogP contribution in [0, 0.1) is 6.92 Å². The predicted octanol–water partition coefficient (Wildman–Crippen LogP) is 6.59. The molecule has 1 aromatic heterocycles. The van der Waals surface area contributed by atoms with E-state index >= 15 is 0 Å². The minimum absolute atomic E-state index is 0.193. The number of anilines is 1. The van der Waals surface area contributed by atoms with Gasteiger partial charge in [0.2, 0.25) is 0 Å². The van der Waals surface area contributed by atoms with Gasteiger partial charge in [0.1, 0.15) is 22.1 Å². The van der Waals surface area contributed by atoms with Gasteiger partial charge in [-0.1, -0.05) is 54.1 Å². The van der Waals surface area contributed by atoms with Crippen LogP contribution in [0.3, 0.4) is 0 Å². The highest BCUT2D eigenvalue weighted by Gasteiger charge is 2.23. The number of rotatable bonds is 9. The minimum atomic E-state index is -0.493. The van der Waals surface area contributed by atoms with Gasteiger partial charge in [-0.15, -0.1) is 11.3 Å². The summed E-state index contributed by atoms with van der Waals surface area (Å²) in [6, 6.07) is 23.2. The van der Waals surface area contributed by atoms with Gasteiger partial charge < -0.3 is 19.5 Å². The molecule has 4 aromatic rings. The Morgan fingerprint density at radius 1 is 0.833 bits per heavy atom. The quantitative estimate of drug-likeness (QED) is 0.262. The van der Waals surface area contributed by atoms with Crippen molar-refractivity contribution in [3.05, 3.63) is 89.3 Å². The van der Waals surface area contributed by atoms with Crippen LogP contribution in [0.5, 0.6) is 11.5 Å². The number of thiophene rings is 1. The topological polar surface area (TPSA) is 73.9 Å². The third kappa shape index (κ3) is 5.93. The van der Waals surface area contributed by atoms with E-state index in [9.17, 15) is 9.59 Å². The monoisotopic (exact) mass is 501 g/mol. The molecule has 1 N–H and O–H groups in total. The summed E-state index contributed by atoms with van der Waals surface area (Å²) in [5, 5.41) is 5.05. The second-order valence-electron chi connectivity index (χ2n) is 8.03. The number of carbonyl (C=O) groups is 2. The largest absolute Gasteiger partial charge is 0.497 e. The number of amides is 1. The standard InChI is InChI=1S/C29H27NO5S/c1-4-34-29(32)27-25(22-11-13-23(33-3)14-12-22)18-36-28(27)30-26(31)17-35-24-15-9-21(10-16-24)20-7-5-19(2)6-8-20/h5-16,18H,4,17H2,1-3H3,(H,30,31). The number of ether oxygens (including phenoxy) is 3. The molecule has 36 heavy (non-hydrogen) atoms. The average molecular weight is 502 g/mol. The van der Waals surface area contributed by atoms with E-state index in [-0.39, 0.29) is 19.1 Å². The van der Waals surface area contributed by atoms with Crippen LogP contribution in [0.25, 0.3) is 22.3 Å². The molecule has 0 aliphatic heterocycles. The Bertz CT molecular complexity index is 1330. The molecule has 0 radical (unpaired) electrons. The predicted molar refractivity (Wildman–Crippen MR) is 143 cm³/mol. The number of aryl methyl sites for hydroxylation is 1. The number of nitrogens with one attached hydrogen (secondary N) is 1. The Kier molecular flexibility index (Phi) is 8.02. The van der Waals surface area contributed by atoms with Crippen LogP contribution < -0.4 is 14.8 Å². The maximum Gasteiger partial charge on any atom is 0.341 e. The van der Waals surface area contributed by atoms with E-state index in [0.717, 1.165) is 16.7 Å². The number of benzene rings is 3. The highest BCUT2D eigenvalue weighted by molar-refractivity contribution is 7.15. The van der Waals surface area contributed by atoms with Crippen molar-refractivity contribution >= 4 is 28.2 Å². The van der Waals surface area contributed by atoms with Gasteiger partial charge in [-0.2, -0.15) is 0 Å². The highest BCUT2D eigenvalue weighted by atomic mass is 32.1. The van der Waals surface area contributed by atoms with Crippen molar-refractivity contribution in [1.82, 2.24) is 0 Å². The highest BCUT2D eigenvalue weighted by Crippen LogP contribution is 2.37. The van der Waals surface area contributed by atoms with Crippen molar-refractivity contribution in [2.24, 2.45) is 0 Å². The molecule has 6 nitrogen and oxygen atoms in total. The first-order valence-electron chi connectivity index (χ1n) is 11.5. The third-order valence-corrected chi connectivity index (χ3v) is 6.43. The molecule has 1 heterocycles. The van der Waals surface area contributed by atoms with Crippen molar-refractivity contribution in [1.29, 1.82) is 0 Å². The number of esters is 1. The van der Waals surface area contributed by atoms with Crippen molar-refractivity contribution in [3.8, 4) is 33.8 Å². The zero-order chi connectivity index (χ0) is 25.5. The molecular formula is C29H27NO5S. The molecule has 3 aromatic carbocycles. The SMILES string of the molecule is CCOC(=O)c1c(-c2ccc(OC)cc2)csc1NC(=O)COc1ccc(-c2ccc(C)cc2)cc1. The lowest BCUT2D eigenvalue weighted by Crippen LogP contribution is -2.21. The maximum absolute atomic E-state index is 12.7. The van der Waals surface area contributed by atoms with Crippen molar-refractivity contribution < 1.29 is 23.8 Å². The van der Waals surface area contributed by atoms with E-state index in [1.165, 1.54) is 16.9 Å². The molecule has 7 heteroatoms. The number of methoxy groups -OCH3 is 1. The summed E-state index contributed by atoms with van der Waals surface area (Å²) in [4.78, 5) is 25.4. The first kappa shape index (κ1) is 25.0. The molecule has 4 rings (SSSR count). The van der Waals surface area contributed by atoms with E-state index in [4.69, 9.17) is 14.2 Å². The second-order valence-corrected chi connectivity index (χ2v) is 8.91. The summed E-state index contributed by atoms with van der Waals surface area (Å²) in [6.07, 6.45) is 0. The van der Waals surface area contributed by atoms with Crippen LogP contribution in [-0.2, 0) is 9.53 Å². The summed E-state index contributed by atoms with van der Waals surface area (Å²) < 4.78 is 16.2. The van der Waals surface area contributed by atoms with E-state index in [1.54, 1.807) is 14.0 Å². The molecular weight excluding hydrogens is 474 g/mol. The fourth-order valence-corrected chi connectivity index (χ4v) is 4.61. The first-order chi connectivity index (χ1) is 17.5. The molecule has 0 saturated carbocycles. The van der Waals surface area contributed by atoms with Gasteiger partial charge >= 0.3 is 5.97 Å². The van der Waals surface area contributed by atoms with Gasteiger partial charge in [0.25, 0.3) is 5.91 Å². The molecule has 0 spiro atoms. The molecule has 0 aliphatic rings. The number of hydrogen-bond donors (Lipinski definition) is 1. The molecule has 184 valence electrons. The van der Waals surface area contributed by atoms with Crippen LogP contribution in [0.2, 0.25) is 0 Å². The zero-order valence-electron chi connectivity index (χ0n) is 20.4. The summed E-state index contributed by atoms with van der Waals surface area (Å²) in [6.45, 7) is 3.83. The van der Waals surface area contributed by atoms with Gasteiger partial charge in [0, 0.05) is 10.9 Å². The van der Waals surface area contributed by atoms with Crippen LogP contribution in [0.4, 0.5) is 5.00 Å². The summed E-state index contributed by atoms with van der Waals surface area (Å²) in [5.41, 5.74) is 5.21. The summed E-state index contributed by atoms with van der Waals surface area (Å²) >= 11 is 1.27. The van der Waals surface area contributed by atoms with Crippen molar-refractivity contribution in [3.63, 3.8) is 0 Å².